The molecule has 0 saturated carbocycles. The monoisotopic (exact) mass is 627 g/mol. The quantitative estimate of drug-likeness (QED) is 0.309. The van der Waals surface area contributed by atoms with Crippen molar-refractivity contribution in [3.63, 3.8) is 0 Å². The molecule has 0 aliphatic carbocycles. The van der Waals surface area contributed by atoms with Crippen molar-refractivity contribution in [2.24, 2.45) is 0 Å². The van der Waals surface area contributed by atoms with Crippen LogP contribution in [0.3, 0.4) is 0 Å². The van der Waals surface area contributed by atoms with E-state index in [9.17, 15) is 8.78 Å². The van der Waals surface area contributed by atoms with Gasteiger partial charge in [0.05, 0.1) is 5.82 Å². The van der Waals surface area contributed by atoms with Gasteiger partial charge < -0.3 is 4.68 Å². The predicted molar refractivity (Wildman–Crippen MR) is 115 cm³/mol. The first kappa shape index (κ1) is 24.8. The van der Waals surface area contributed by atoms with Crippen molar-refractivity contribution in [3.8, 4) is 17.3 Å². The molecule has 0 bridgehead atoms. The zero-order valence-corrected chi connectivity index (χ0v) is 21.1. The van der Waals surface area contributed by atoms with Gasteiger partial charge in [-0.1, -0.05) is 38.6 Å². The molecule has 0 fully saturated rings. The van der Waals surface area contributed by atoms with Gasteiger partial charge in [0.2, 0.25) is 0 Å². The van der Waals surface area contributed by atoms with Crippen LogP contribution in [0.5, 0.6) is 0 Å². The smallest absolute Gasteiger partial charge is 0.328 e. The molecule has 0 N–H and O–H groups in total. The molecule has 0 radical (unpaired) electrons. The minimum atomic E-state index is -0.770. The number of rotatable bonds is 4. The minimum absolute atomic E-state index is 0. The second-order valence-electron chi connectivity index (χ2n) is 8.99. The Morgan fingerprint density at radius 2 is 1.55 bits per heavy atom. The van der Waals surface area contributed by atoms with Gasteiger partial charge in [-0.05, 0) is 37.1 Å². The van der Waals surface area contributed by atoms with Crippen molar-refractivity contribution in [2.45, 2.75) is 45.4 Å². The molecule has 9 heteroatoms. The molecule has 0 aliphatic heterocycles. The van der Waals surface area contributed by atoms with Gasteiger partial charge >= 0.3 is 21.1 Å². The molecule has 0 amide bonds. The van der Waals surface area contributed by atoms with E-state index in [1.807, 2.05) is 19.9 Å². The summed E-state index contributed by atoms with van der Waals surface area (Å²) in [7, 11) is 0. The molecule has 6 nitrogen and oxygen atoms in total. The Bertz CT molecular complexity index is 1280. The Morgan fingerprint density at radius 3 is 2.18 bits per heavy atom. The van der Waals surface area contributed by atoms with Crippen LogP contribution in [0.4, 0.5) is 8.78 Å². The standard InChI is InChI=1S/C24H22F2N6.Pt/c1-23(2,3)18-10-13-32(31-18)22-28-12-9-20(30-22)24(4,5)19-8-11-27-21(29-19)16-7-6-15(25)14-17(16)26;/h6,8-12,14H,1-5H3;/q-2;+2. The minimum Gasteiger partial charge on any atom is -0.328 e. The van der Waals surface area contributed by atoms with E-state index in [4.69, 9.17) is 0 Å². The third-order valence-corrected chi connectivity index (χ3v) is 5.15. The van der Waals surface area contributed by atoms with Crippen molar-refractivity contribution in [1.29, 1.82) is 0 Å². The summed E-state index contributed by atoms with van der Waals surface area (Å²) in [6, 6.07) is 9.78. The fourth-order valence-corrected chi connectivity index (χ4v) is 3.13. The summed E-state index contributed by atoms with van der Waals surface area (Å²) in [6.45, 7) is 10.1. The van der Waals surface area contributed by atoms with Crippen LogP contribution >= 0.6 is 0 Å². The van der Waals surface area contributed by atoms with Gasteiger partial charge in [0.25, 0.3) is 0 Å². The van der Waals surface area contributed by atoms with Crippen molar-refractivity contribution in [2.75, 3.05) is 0 Å². The molecule has 0 spiro atoms. The van der Waals surface area contributed by atoms with Crippen LogP contribution in [-0.4, -0.2) is 29.7 Å². The number of hydrogen-bond donors (Lipinski definition) is 0. The number of halogens is 2. The maximum atomic E-state index is 14.2. The van der Waals surface area contributed by atoms with Crippen LogP contribution in [0, 0.1) is 23.9 Å². The Balaban J connectivity index is 0.00000306. The van der Waals surface area contributed by atoms with Gasteiger partial charge in [-0.15, -0.1) is 18.2 Å². The predicted octanol–water partition coefficient (Wildman–Crippen LogP) is 4.62. The summed E-state index contributed by atoms with van der Waals surface area (Å²) in [6.07, 6.45) is 6.26. The number of aromatic nitrogens is 6. The third-order valence-electron chi connectivity index (χ3n) is 5.15. The molecule has 0 unspecified atom stereocenters. The molecule has 3 heterocycles. The van der Waals surface area contributed by atoms with E-state index in [1.165, 1.54) is 10.9 Å². The molecular weight excluding hydrogens is 605 g/mol. The Hall–Kier alpha value is -2.86. The zero-order valence-electron chi connectivity index (χ0n) is 18.8. The van der Waals surface area contributed by atoms with Crippen LogP contribution in [0.15, 0.2) is 42.7 Å². The molecule has 1 aromatic carbocycles. The van der Waals surface area contributed by atoms with E-state index in [-0.39, 0.29) is 37.9 Å². The molecule has 4 aromatic rings. The first-order chi connectivity index (χ1) is 15.1. The maximum absolute atomic E-state index is 14.2. The second-order valence-corrected chi connectivity index (χ2v) is 8.99. The molecule has 33 heavy (non-hydrogen) atoms. The zero-order chi connectivity index (χ0) is 23.1. The maximum Gasteiger partial charge on any atom is 2.00 e. The van der Waals surface area contributed by atoms with Gasteiger partial charge in [0.1, 0.15) is 5.95 Å². The molecule has 0 atom stereocenters. The first-order valence-electron chi connectivity index (χ1n) is 10.1. The van der Waals surface area contributed by atoms with Gasteiger partial charge in [0.15, 0.2) is 0 Å². The van der Waals surface area contributed by atoms with Crippen LogP contribution < -0.4 is 0 Å². The average Bonchev–Trinajstić information content (AvgIpc) is 3.25. The van der Waals surface area contributed by atoms with Crippen LogP contribution in [0.1, 0.15) is 51.7 Å². The molecular formula is C24H22F2N6Pt. The Morgan fingerprint density at radius 1 is 0.879 bits per heavy atom. The SMILES string of the molecule is CC(C)(C)c1c[c-]n(-c2nccc(C(C)(C)c3ccnc(-c4[c-]cc(F)cc4F)n3)n2)n1.[Pt+2]. The van der Waals surface area contributed by atoms with E-state index in [0.29, 0.717) is 17.3 Å². The number of benzene rings is 1. The average molecular weight is 628 g/mol. The molecule has 4 rings (SSSR count). The first-order valence-corrected chi connectivity index (χ1v) is 10.1. The summed E-state index contributed by atoms with van der Waals surface area (Å²) in [5.74, 6) is -0.967. The summed E-state index contributed by atoms with van der Waals surface area (Å²) >= 11 is 0. The third kappa shape index (κ3) is 5.06. The van der Waals surface area contributed by atoms with E-state index in [2.05, 4.69) is 58.1 Å². The fourth-order valence-electron chi connectivity index (χ4n) is 3.13. The summed E-state index contributed by atoms with van der Waals surface area (Å²) in [5, 5.41) is 4.55. The van der Waals surface area contributed by atoms with Crippen LogP contribution in [0.2, 0.25) is 0 Å². The van der Waals surface area contributed by atoms with E-state index < -0.39 is 17.0 Å². The molecule has 172 valence electrons. The topological polar surface area (TPSA) is 69.4 Å². The summed E-state index contributed by atoms with van der Waals surface area (Å²) in [4.78, 5) is 17.7. The largest absolute Gasteiger partial charge is 2.00 e. The molecule has 3 aromatic heterocycles. The van der Waals surface area contributed by atoms with Crippen molar-refractivity contribution >= 4 is 0 Å². The number of hydrogen-bond acceptors (Lipinski definition) is 5. The summed E-state index contributed by atoms with van der Waals surface area (Å²) < 4.78 is 29.0. The van der Waals surface area contributed by atoms with Crippen molar-refractivity contribution in [3.05, 3.63) is 83.7 Å². The second kappa shape index (κ2) is 9.18. The van der Waals surface area contributed by atoms with Crippen molar-refractivity contribution < 1.29 is 29.8 Å². The van der Waals surface area contributed by atoms with Gasteiger partial charge in [0, 0.05) is 40.8 Å². The van der Waals surface area contributed by atoms with Gasteiger partial charge in [-0.2, -0.15) is 0 Å². The van der Waals surface area contributed by atoms with E-state index in [1.54, 1.807) is 18.3 Å². The van der Waals surface area contributed by atoms with Crippen LogP contribution in [-0.2, 0) is 31.9 Å². The number of nitrogens with zero attached hydrogens (tertiary/aromatic N) is 6. The Labute approximate surface area is 205 Å². The summed E-state index contributed by atoms with van der Waals surface area (Å²) in [5.41, 5.74) is 1.41. The normalized spacial score (nSPS) is 11.8. The Kier molecular flexibility index (Phi) is 6.89. The van der Waals surface area contributed by atoms with E-state index >= 15 is 0 Å². The van der Waals surface area contributed by atoms with Crippen molar-refractivity contribution in [1.82, 2.24) is 29.7 Å². The van der Waals surface area contributed by atoms with Gasteiger partial charge in [-0.3, -0.25) is 33.8 Å². The molecule has 0 aliphatic rings. The molecule has 0 saturated heterocycles. The van der Waals surface area contributed by atoms with E-state index in [0.717, 1.165) is 17.8 Å². The fraction of sp³-hybridized carbons (Fsp3) is 0.292. The van der Waals surface area contributed by atoms with Gasteiger partial charge in [-0.25, -0.2) is 0 Å². The van der Waals surface area contributed by atoms with Crippen LogP contribution in [0.25, 0.3) is 17.3 Å².